The molecule has 0 aromatic heterocycles. The lowest BCUT2D eigenvalue weighted by molar-refractivity contribution is -0.144. The second kappa shape index (κ2) is 10.3. The molecule has 7 heteroatoms. The Balaban J connectivity index is 2.32. The molecule has 0 saturated carbocycles. The lowest BCUT2D eigenvalue weighted by Gasteiger charge is -2.32. The van der Waals surface area contributed by atoms with Crippen molar-refractivity contribution in [2.75, 3.05) is 26.8 Å². The fourth-order valence-corrected chi connectivity index (χ4v) is 3.17. The smallest absolute Gasteiger partial charge is 0.323 e. The van der Waals surface area contributed by atoms with Crippen molar-refractivity contribution in [2.45, 2.75) is 69.7 Å². The van der Waals surface area contributed by atoms with Crippen LogP contribution in [-0.2, 0) is 9.53 Å². The Morgan fingerprint density at radius 2 is 1.91 bits per heavy atom. The highest BCUT2D eigenvalue weighted by Crippen LogP contribution is 2.21. The molecule has 0 amide bonds. The largest absolute Gasteiger partial charge is 0.480 e. The van der Waals surface area contributed by atoms with Crippen molar-refractivity contribution in [1.82, 2.24) is 4.90 Å². The zero-order chi connectivity index (χ0) is 17.3. The number of nitrogens with two attached hydrogens (primary N) is 1. The summed E-state index contributed by atoms with van der Waals surface area (Å²) in [6.07, 6.45) is 6.08. The van der Waals surface area contributed by atoms with Crippen molar-refractivity contribution >= 4 is 12.9 Å². The minimum Gasteiger partial charge on any atom is -0.480 e. The van der Waals surface area contributed by atoms with Gasteiger partial charge in [0.05, 0.1) is 0 Å². The zero-order valence-corrected chi connectivity index (χ0v) is 14.7. The normalized spacial score (nSPS) is 18.8. The van der Waals surface area contributed by atoms with Gasteiger partial charge < -0.3 is 25.5 Å². The number of rotatable bonds is 11. The third-order valence-electron chi connectivity index (χ3n) is 4.87. The van der Waals surface area contributed by atoms with Crippen LogP contribution in [0.3, 0.4) is 0 Å². The molecule has 4 N–H and O–H groups in total. The van der Waals surface area contributed by atoms with Crippen molar-refractivity contribution < 1.29 is 19.7 Å². The molecule has 6 nitrogen and oxygen atoms in total. The molecule has 1 heterocycles. The van der Waals surface area contributed by atoms with Gasteiger partial charge in [0.15, 0.2) is 0 Å². The van der Waals surface area contributed by atoms with E-state index in [2.05, 4.69) is 11.9 Å². The van der Waals surface area contributed by atoms with E-state index in [0.29, 0.717) is 25.2 Å². The van der Waals surface area contributed by atoms with Crippen molar-refractivity contribution in [2.24, 2.45) is 5.73 Å². The first kappa shape index (κ1) is 20.4. The molecular formula is C16H33BN2O4. The maximum absolute atomic E-state index is 11.5. The summed E-state index contributed by atoms with van der Waals surface area (Å²) < 4.78 is 5.37. The van der Waals surface area contributed by atoms with E-state index in [-0.39, 0.29) is 6.92 Å². The van der Waals surface area contributed by atoms with Gasteiger partial charge in [-0.2, -0.15) is 0 Å². The molecule has 1 saturated heterocycles. The maximum Gasteiger partial charge on any atom is 0.323 e. The van der Waals surface area contributed by atoms with Gasteiger partial charge in [0.1, 0.15) is 5.54 Å². The summed E-state index contributed by atoms with van der Waals surface area (Å²) in [5.41, 5.74) is 4.98. The van der Waals surface area contributed by atoms with Crippen molar-refractivity contribution in [1.29, 1.82) is 0 Å². The van der Waals surface area contributed by atoms with Crippen LogP contribution in [0, 0.1) is 0 Å². The van der Waals surface area contributed by atoms with E-state index in [1.54, 1.807) is 6.82 Å². The number of carbonyl (C=O) groups is 1. The second-order valence-electron chi connectivity index (χ2n) is 6.98. The molecule has 1 atom stereocenters. The highest BCUT2D eigenvalue weighted by molar-refractivity contribution is 6.48. The van der Waals surface area contributed by atoms with Gasteiger partial charge in [-0.15, -0.1) is 0 Å². The van der Waals surface area contributed by atoms with E-state index in [1.807, 2.05) is 0 Å². The molecule has 1 unspecified atom stereocenters. The monoisotopic (exact) mass is 328 g/mol. The Morgan fingerprint density at radius 3 is 2.48 bits per heavy atom. The summed E-state index contributed by atoms with van der Waals surface area (Å²) in [6, 6.07) is 0.534. The SMILES string of the molecule is CB(O)CCCCC(N)(CCCN(C)C1CCOCC1)C(=O)O. The quantitative estimate of drug-likeness (QED) is 0.392. The molecule has 0 aromatic carbocycles. The van der Waals surface area contributed by atoms with E-state index in [9.17, 15) is 14.9 Å². The predicted octanol–water partition coefficient (Wildman–Crippen LogP) is 1.44. The van der Waals surface area contributed by atoms with Crippen LogP contribution in [0.5, 0.6) is 0 Å². The Kier molecular flexibility index (Phi) is 9.13. The molecule has 1 aliphatic rings. The summed E-state index contributed by atoms with van der Waals surface area (Å²) >= 11 is 0. The number of carboxylic acid groups (broad SMARTS) is 1. The van der Waals surface area contributed by atoms with E-state index < -0.39 is 11.5 Å². The van der Waals surface area contributed by atoms with Gasteiger partial charge in [-0.25, -0.2) is 0 Å². The number of ether oxygens (including phenoxy) is 1. The van der Waals surface area contributed by atoms with Crippen LogP contribution >= 0.6 is 0 Å². The first-order chi connectivity index (χ1) is 10.8. The fourth-order valence-electron chi connectivity index (χ4n) is 3.17. The van der Waals surface area contributed by atoms with Gasteiger partial charge in [-0.3, -0.25) is 4.79 Å². The highest BCUT2D eigenvalue weighted by Gasteiger charge is 2.33. The summed E-state index contributed by atoms with van der Waals surface area (Å²) in [6.45, 7) is 3.91. The first-order valence-electron chi connectivity index (χ1n) is 8.83. The molecular weight excluding hydrogens is 295 g/mol. The van der Waals surface area contributed by atoms with Crippen LogP contribution < -0.4 is 5.73 Å². The molecule has 1 rings (SSSR count). The number of aliphatic carboxylic acids is 1. The average Bonchev–Trinajstić information content (AvgIpc) is 2.52. The number of unbranched alkanes of at least 4 members (excludes halogenated alkanes) is 1. The number of hydrogen-bond donors (Lipinski definition) is 3. The summed E-state index contributed by atoms with van der Waals surface area (Å²) in [7, 11) is 2.09. The topological polar surface area (TPSA) is 96.0 Å². The van der Waals surface area contributed by atoms with E-state index in [1.165, 1.54) is 0 Å². The Labute approximate surface area is 140 Å². The van der Waals surface area contributed by atoms with E-state index in [4.69, 9.17) is 10.5 Å². The highest BCUT2D eigenvalue weighted by atomic mass is 16.5. The average molecular weight is 328 g/mol. The molecule has 134 valence electrons. The Bertz CT molecular complexity index is 351. The van der Waals surface area contributed by atoms with Crippen LogP contribution in [0.2, 0.25) is 13.1 Å². The zero-order valence-electron chi connectivity index (χ0n) is 14.7. The lowest BCUT2D eigenvalue weighted by atomic mass is 9.66. The third-order valence-corrected chi connectivity index (χ3v) is 4.87. The van der Waals surface area contributed by atoms with Gasteiger partial charge in [0.2, 0.25) is 0 Å². The third kappa shape index (κ3) is 7.66. The Morgan fingerprint density at radius 1 is 1.30 bits per heavy atom. The van der Waals surface area contributed by atoms with E-state index in [0.717, 1.165) is 51.9 Å². The van der Waals surface area contributed by atoms with Crippen LogP contribution in [-0.4, -0.2) is 66.3 Å². The minimum absolute atomic E-state index is 0.333. The molecule has 0 bridgehead atoms. The minimum atomic E-state index is -1.14. The van der Waals surface area contributed by atoms with Gasteiger partial charge in [-0.1, -0.05) is 19.7 Å². The molecule has 0 aliphatic carbocycles. The molecule has 0 radical (unpaired) electrons. The molecule has 0 aromatic rings. The molecule has 1 fully saturated rings. The van der Waals surface area contributed by atoms with E-state index >= 15 is 0 Å². The van der Waals surface area contributed by atoms with Crippen molar-refractivity contribution in [3.63, 3.8) is 0 Å². The van der Waals surface area contributed by atoms with Gasteiger partial charge >= 0.3 is 5.97 Å². The molecule has 0 spiro atoms. The summed E-state index contributed by atoms with van der Waals surface area (Å²) in [5.74, 6) is -0.914. The number of carboxylic acids is 1. The fraction of sp³-hybridized carbons (Fsp3) is 0.938. The van der Waals surface area contributed by atoms with Crippen LogP contribution in [0.15, 0.2) is 0 Å². The number of nitrogens with zero attached hydrogens (tertiary/aromatic N) is 1. The maximum atomic E-state index is 11.5. The molecule has 1 aliphatic heterocycles. The standard InChI is InChI=1S/C16H33BN2O4/c1-17(22)10-4-3-8-16(18,15(20)21)9-5-11-19(2)14-6-12-23-13-7-14/h14,22H,3-13,18H2,1-2H3,(H,20,21). The number of hydrogen-bond acceptors (Lipinski definition) is 5. The lowest BCUT2D eigenvalue weighted by Crippen LogP contribution is -2.48. The van der Waals surface area contributed by atoms with Gasteiger partial charge in [0, 0.05) is 19.3 Å². The first-order valence-corrected chi connectivity index (χ1v) is 8.83. The van der Waals surface area contributed by atoms with Crippen LogP contribution in [0.1, 0.15) is 44.9 Å². The van der Waals surface area contributed by atoms with Crippen LogP contribution in [0.4, 0.5) is 0 Å². The van der Waals surface area contributed by atoms with Gasteiger partial charge in [0.25, 0.3) is 6.92 Å². The summed E-state index contributed by atoms with van der Waals surface area (Å²) in [4.78, 5) is 13.8. The summed E-state index contributed by atoms with van der Waals surface area (Å²) in [5, 5.41) is 18.7. The Hall–Kier alpha value is -0.625. The van der Waals surface area contributed by atoms with Crippen molar-refractivity contribution in [3.8, 4) is 0 Å². The van der Waals surface area contributed by atoms with Crippen LogP contribution in [0.25, 0.3) is 0 Å². The van der Waals surface area contributed by atoms with Gasteiger partial charge in [-0.05, 0) is 52.0 Å². The van der Waals surface area contributed by atoms with Crippen molar-refractivity contribution in [3.05, 3.63) is 0 Å². The molecule has 23 heavy (non-hydrogen) atoms. The predicted molar refractivity (Wildman–Crippen MR) is 92.8 cm³/mol. The second-order valence-corrected chi connectivity index (χ2v) is 6.98.